The Bertz CT molecular complexity index is 1230. The lowest BCUT2D eigenvalue weighted by molar-refractivity contribution is -0.697. The second kappa shape index (κ2) is 30.8. The molecule has 2 aromatic carbocycles. The van der Waals surface area contributed by atoms with Gasteiger partial charge in [-0.05, 0) is 43.2 Å². The summed E-state index contributed by atoms with van der Waals surface area (Å²) in [6, 6.07) is 23.1. The van der Waals surface area contributed by atoms with E-state index in [-0.39, 0.29) is 5.41 Å². The molecule has 0 N–H and O–H groups in total. The Hall–Kier alpha value is -2.35. The Balaban J connectivity index is 1.46. The van der Waals surface area contributed by atoms with Gasteiger partial charge in [0.15, 0.2) is 0 Å². The highest BCUT2D eigenvalue weighted by molar-refractivity contribution is 5.30. The van der Waals surface area contributed by atoms with Crippen LogP contribution < -0.4 is 4.57 Å². The van der Waals surface area contributed by atoms with E-state index in [1.807, 2.05) is 0 Å². The first-order chi connectivity index (χ1) is 26.7. The Labute approximate surface area is 336 Å². The van der Waals surface area contributed by atoms with Crippen LogP contribution in [0, 0.1) is 0 Å². The summed E-state index contributed by atoms with van der Waals surface area (Å²) in [5, 5.41) is 0. The van der Waals surface area contributed by atoms with E-state index in [4.69, 9.17) is 0 Å². The molecule has 0 radical (unpaired) electrons. The Morgan fingerprint density at radius 1 is 0.481 bits per heavy atom. The summed E-state index contributed by atoms with van der Waals surface area (Å²) in [4.78, 5) is 0. The maximum Gasteiger partial charge on any atom is 0.244 e. The van der Waals surface area contributed by atoms with Crippen molar-refractivity contribution in [3.63, 3.8) is 0 Å². The third kappa shape index (κ3) is 20.0. The summed E-state index contributed by atoms with van der Waals surface area (Å²) in [7, 11) is 0. The molecule has 304 valence electrons. The lowest BCUT2D eigenvalue weighted by Crippen LogP contribution is -2.38. The van der Waals surface area contributed by atoms with E-state index in [1.54, 1.807) is 0 Å². The van der Waals surface area contributed by atoms with E-state index in [0.717, 1.165) is 13.0 Å². The maximum absolute atomic E-state index is 2.60. The molecule has 1 aromatic heterocycles. The van der Waals surface area contributed by atoms with Crippen molar-refractivity contribution in [1.29, 1.82) is 0 Å². The van der Waals surface area contributed by atoms with E-state index in [1.165, 1.54) is 204 Å². The zero-order valence-electron chi connectivity index (χ0n) is 36.1. The van der Waals surface area contributed by atoms with Gasteiger partial charge in [0.05, 0.1) is 6.54 Å². The van der Waals surface area contributed by atoms with E-state index >= 15 is 0 Å². The van der Waals surface area contributed by atoms with E-state index in [0.29, 0.717) is 6.04 Å². The number of rotatable bonds is 36. The fourth-order valence-electron chi connectivity index (χ4n) is 8.97. The number of unbranched alkanes of at least 4 members (excludes halogenated alkanes) is 27. The number of hydrogen-bond acceptors (Lipinski definition) is 0. The van der Waals surface area contributed by atoms with Gasteiger partial charge in [0.1, 0.15) is 18.4 Å². The zero-order valence-corrected chi connectivity index (χ0v) is 36.1. The zero-order chi connectivity index (χ0) is 38.2. The van der Waals surface area contributed by atoms with Gasteiger partial charge < -0.3 is 0 Å². The molecule has 1 heterocycles. The van der Waals surface area contributed by atoms with Gasteiger partial charge in [0, 0.05) is 5.41 Å². The van der Waals surface area contributed by atoms with Crippen molar-refractivity contribution < 1.29 is 4.57 Å². The summed E-state index contributed by atoms with van der Waals surface area (Å²) < 4.78 is 5.08. The van der Waals surface area contributed by atoms with E-state index < -0.39 is 0 Å². The fourth-order valence-corrected chi connectivity index (χ4v) is 8.97. The minimum absolute atomic E-state index is 0.00448. The minimum atomic E-state index is 0.00448. The van der Waals surface area contributed by atoms with Crippen LogP contribution in [0.5, 0.6) is 0 Å². The standard InChI is InChI=1S/C52H87N2/c1-4-6-8-10-12-14-16-18-20-21-23-25-27-29-37-43-51(52(3,50-41-35-32-36-42-50)47-49-39-33-31-34-40-49)54-46-45-53(48-54)44-38-30-28-26-24-22-19-17-15-13-11-9-7-5-2/h31-36,39-42,45-46,48,51H,4-30,37-38,43-44,47H2,1-3H3/q+1. The normalized spacial score (nSPS) is 13.3. The second-order valence-electron chi connectivity index (χ2n) is 17.4. The van der Waals surface area contributed by atoms with Gasteiger partial charge >= 0.3 is 0 Å². The first kappa shape index (κ1) is 46.0. The van der Waals surface area contributed by atoms with Crippen molar-refractivity contribution in [3.05, 3.63) is 90.5 Å². The molecule has 54 heavy (non-hydrogen) atoms. The Morgan fingerprint density at radius 3 is 1.31 bits per heavy atom. The largest absolute Gasteiger partial charge is 0.244 e. The van der Waals surface area contributed by atoms with Crippen LogP contribution in [0.3, 0.4) is 0 Å². The molecule has 0 saturated heterocycles. The molecule has 2 heteroatoms. The summed E-state index contributed by atoms with van der Waals surface area (Å²) >= 11 is 0. The SMILES string of the molecule is CCCCCCCCCCCCCCCCCC(n1cc[n+](CCCCCCCCCCCCCCCC)c1)C(C)(Cc1ccccc1)c1ccccc1. The number of nitrogens with zero attached hydrogens (tertiary/aromatic N) is 2. The molecule has 0 aliphatic heterocycles. The molecular weight excluding hydrogens is 653 g/mol. The molecule has 0 aliphatic rings. The lowest BCUT2D eigenvalue weighted by Gasteiger charge is -2.37. The monoisotopic (exact) mass is 740 g/mol. The summed E-state index contributed by atoms with van der Waals surface area (Å²) in [5.41, 5.74) is 2.91. The van der Waals surface area contributed by atoms with Gasteiger partial charge in [-0.2, -0.15) is 0 Å². The molecule has 0 saturated carbocycles. The number of imidazole rings is 1. The molecule has 0 fully saturated rings. The van der Waals surface area contributed by atoms with E-state index in [9.17, 15) is 0 Å². The maximum atomic E-state index is 2.60. The average Bonchev–Trinajstić information content (AvgIpc) is 3.66. The van der Waals surface area contributed by atoms with Crippen molar-refractivity contribution in [1.82, 2.24) is 4.57 Å². The smallest absolute Gasteiger partial charge is 0.237 e. The molecule has 2 nitrogen and oxygen atoms in total. The molecule has 0 aliphatic carbocycles. The predicted octanol–water partition coefficient (Wildman–Crippen LogP) is 16.3. The van der Waals surface area contributed by atoms with Crippen molar-refractivity contribution in [2.24, 2.45) is 0 Å². The first-order valence-electron chi connectivity index (χ1n) is 23.8. The number of benzene rings is 2. The van der Waals surface area contributed by atoms with Gasteiger partial charge in [-0.1, -0.05) is 248 Å². The Morgan fingerprint density at radius 2 is 0.870 bits per heavy atom. The van der Waals surface area contributed by atoms with E-state index in [2.05, 4.69) is 109 Å². The highest BCUT2D eigenvalue weighted by atomic mass is 15.1. The summed E-state index contributed by atoms with van der Waals surface area (Å²) in [5.74, 6) is 0. The summed E-state index contributed by atoms with van der Waals surface area (Å²) in [6.07, 6.45) is 50.5. The number of aromatic nitrogens is 2. The molecule has 0 amide bonds. The molecule has 2 unspecified atom stereocenters. The molecule has 2 atom stereocenters. The molecule has 0 spiro atoms. The van der Waals surface area contributed by atoms with Crippen molar-refractivity contribution in [3.8, 4) is 0 Å². The molecular formula is C52H87N2+. The fraction of sp³-hybridized carbons (Fsp3) is 0.712. The van der Waals surface area contributed by atoms with Crippen LogP contribution in [0.1, 0.15) is 231 Å². The van der Waals surface area contributed by atoms with Crippen LogP contribution in [0.15, 0.2) is 79.4 Å². The van der Waals surface area contributed by atoms with Gasteiger partial charge in [0.2, 0.25) is 6.33 Å². The van der Waals surface area contributed by atoms with Crippen LogP contribution in [-0.4, -0.2) is 4.57 Å². The van der Waals surface area contributed by atoms with Crippen LogP contribution >= 0.6 is 0 Å². The molecule has 3 rings (SSSR count). The highest BCUT2D eigenvalue weighted by Crippen LogP contribution is 2.41. The molecule has 3 aromatic rings. The summed E-state index contributed by atoms with van der Waals surface area (Å²) in [6.45, 7) is 8.30. The average molecular weight is 740 g/mol. The number of hydrogen-bond donors (Lipinski definition) is 0. The van der Waals surface area contributed by atoms with Gasteiger partial charge in [0.25, 0.3) is 0 Å². The van der Waals surface area contributed by atoms with Crippen molar-refractivity contribution in [2.45, 2.75) is 238 Å². The van der Waals surface area contributed by atoms with Gasteiger partial charge in [-0.3, -0.25) is 0 Å². The lowest BCUT2D eigenvalue weighted by atomic mass is 9.70. The first-order valence-corrected chi connectivity index (χ1v) is 23.8. The van der Waals surface area contributed by atoms with Crippen LogP contribution in [0.2, 0.25) is 0 Å². The molecule has 0 bridgehead atoms. The second-order valence-corrected chi connectivity index (χ2v) is 17.4. The third-order valence-corrected chi connectivity index (χ3v) is 12.5. The van der Waals surface area contributed by atoms with Crippen LogP contribution in [0.25, 0.3) is 0 Å². The minimum Gasteiger partial charge on any atom is -0.237 e. The predicted molar refractivity (Wildman–Crippen MR) is 237 cm³/mol. The quantitative estimate of drug-likeness (QED) is 0.0415. The van der Waals surface area contributed by atoms with Crippen LogP contribution in [0.4, 0.5) is 0 Å². The highest BCUT2D eigenvalue weighted by Gasteiger charge is 2.40. The van der Waals surface area contributed by atoms with Gasteiger partial charge in [-0.25, -0.2) is 9.13 Å². The Kier molecular flexibility index (Phi) is 26.3. The van der Waals surface area contributed by atoms with Crippen molar-refractivity contribution >= 4 is 0 Å². The van der Waals surface area contributed by atoms with Gasteiger partial charge in [-0.15, -0.1) is 0 Å². The topological polar surface area (TPSA) is 8.81 Å². The third-order valence-electron chi connectivity index (χ3n) is 12.5. The van der Waals surface area contributed by atoms with Crippen LogP contribution in [-0.2, 0) is 18.4 Å². The van der Waals surface area contributed by atoms with Crippen molar-refractivity contribution in [2.75, 3.05) is 0 Å². The number of aryl methyl sites for hydroxylation is 1.